The van der Waals surface area contributed by atoms with E-state index in [1.54, 1.807) is 0 Å². The van der Waals surface area contributed by atoms with Gasteiger partial charge in [0.1, 0.15) is 24.4 Å². The summed E-state index contributed by atoms with van der Waals surface area (Å²) in [6, 6.07) is 0. The van der Waals surface area contributed by atoms with Crippen molar-refractivity contribution in [2.75, 3.05) is 20.3 Å². The second kappa shape index (κ2) is 13.8. The molecule has 7 N–H and O–H groups in total. The molecule has 0 spiro atoms. The number of aliphatic hydroxyl groups is 6. The van der Waals surface area contributed by atoms with Crippen molar-refractivity contribution in [3.8, 4) is 0 Å². The maximum atomic E-state index is 12.8. The summed E-state index contributed by atoms with van der Waals surface area (Å²) in [5.41, 5.74) is -2.54. The number of aliphatic hydroxyl groups excluding tert-OH is 5. The van der Waals surface area contributed by atoms with Crippen LogP contribution in [0.15, 0.2) is 23.8 Å². The molecule has 0 bridgehead atoms. The van der Waals surface area contributed by atoms with Crippen LogP contribution < -0.4 is 0 Å². The summed E-state index contributed by atoms with van der Waals surface area (Å²) in [5.74, 6) is -2.21. The van der Waals surface area contributed by atoms with Gasteiger partial charge in [-0.2, -0.15) is 8.42 Å². The minimum absolute atomic E-state index is 0.0478. The Labute approximate surface area is 283 Å². The van der Waals surface area contributed by atoms with Crippen LogP contribution in [0.4, 0.5) is 0 Å². The van der Waals surface area contributed by atoms with Crippen molar-refractivity contribution in [3.05, 3.63) is 23.8 Å². The SMILES string of the molecule is CO[C@H]1[C@H](O[C@@H]2C=C3C(O)CC4(O)C(CCC5(C)C4C(OS(=O)(=O)O)[C@H](O)[C@@H]5[C@H](C)/C=C\C(CO)C(C)C)C3(C)CC2)OC[C@@H](O)[C@@H]1O. The molecule has 1 heterocycles. The van der Waals surface area contributed by atoms with E-state index in [1.807, 2.05) is 52.8 Å². The fraction of sp³-hybridized carbons (Fsp3) is 0.882. The van der Waals surface area contributed by atoms with Gasteiger partial charge in [-0.25, -0.2) is 4.18 Å². The molecule has 0 aromatic heterocycles. The van der Waals surface area contributed by atoms with Crippen molar-refractivity contribution < 1.29 is 62.0 Å². The summed E-state index contributed by atoms with van der Waals surface area (Å²) in [6.45, 7) is 9.65. The second-order valence-electron chi connectivity index (χ2n) is 15.8. The number of ether oxygens (including phenoxy) is 3. The van der Waals surface area contributed by atoms with Crippen LogP contribution in [0.3, 0.4) is 0 Å². The van der Waals surface area contributed by atoms with Gasteiger partial charge in [0.15, 0.2) is 6.29 Å². The number of methoxy groups -OCH3 is 1. The van der Waals surface area contributed by atoms with E-state index in [-0.39, 0.29) is 37.4 Å². The molecule has 13 nitrogen and oxygen atoms in total. The van der Waals surface area contributed by atoms with Gasteiger partial charge < -0.3 is 44.8 Å². The average Bonchev–Trinajstić information content (AvgIpc) is 3.20. The third kappa shape index (κ3) is 6.58. The molecule has 8 unspecified atom stereocenters. The number of hydrogen-bond donors (Lipinski definition) is 7. The quantitative estimate of drug-likeness (QED) is 0.127. The normalized spacial score (nSPS) is 47.7. The Kier molecular flexibility index (Phi) is 11.0. The van der Waals surface area contributed by atoms with Crippen molar-refractivity contribution in [3.63, 3.8) is 0 Å². The van der Waals surface area contributed by atoms with Gasteiger partial charge in [0, 0.05) is 32.0 Å². The standard InChI is InChI=1S/C34H56O13S/c1-17(2)19(15-35)8-7-18(3)25-27(39)28(47-48(41,42)43)30-33(25,5)12-10-24-32(4)11-9-20(13-21(32)22(36)14-34(24,30)40)46-31-29(44-6)26(38)23(37)16-45-31/h7-8,13,17-20,22-31,35-40H,9-12,14-16H2,1-6H3,(H,41,42,43)/b8-7-/t18-,19?,20+,22?,23-,24?,25+,26+,27-,28?,29-,30?,31+,32?,33?,34?/m1/s1. The molecule has 0 aromatic carbocycles. The molecule has 4 aliphatic carbocycles. The van der Waals surface area contributed by atoms with Gasteiger partial charge in [-0.1, -0.05) is 52.8 Å². The van der Waals surface area contributed by atoms with Crippen molar-refractivity contribution in [1.29, 1.82) is 0 Å². The Morgan fingerprint density at radius 2 is 1.73 bits per heavy atom. The average molecular weight is 705 g/mol. The molecule has 14 heteroatoms. The molecule has 16 atom stereocenters. The van der Waals surface area contributed by atoms with Crippen LogP contribution in [0.2, 0.25) is 0 Å². The zero-order valence-electron chi connectivity index (χ0n) is 28.8. The summed E-state index contributed by atoms with van der Waals surface area (Å²) >= 11 is 0. The van der Waals surface area contributed by atoms with Crippen molar-refractivity contribution >= 4 is 10.4 Å². The third-order valence-electron chi connectivity index (χ3n) is 12.8. The lowest BCUT2D eigenvalue weighted by atomic mass is 9.43. The molecule has 1 aliphatic heterocycles. The van der Waals surface area contributed by atoms with Crippen LogP contribution in [-0.4, -0.2) is 119 Å². The topological polar surface area (TPSA) is 213 Å². The molecular formula is C34H56O13S. The lowest BCUT2D eigenvalue weighted by molar-refractivity contribution is -0.285. The summed E-state index contributed by atoms with van der Waals surface area (Å²) in [7, 11) is -3.64. The summed E-state index contributed by atoms with van der Waals surface area (Å²) in [5, 5.41) is 66.7. The highest BCUT2D eigenvalue weighted by molar-refractivity contribution is 7.80. The van der Waals surface area contributed by atoms with Crippen molar-refractivity contribution in [2.24, 2.45) is 46.3 Å². The molecule has 3 saturated carbocycles. The van der Waals surface area contributed by atoms with E-state index in [1.165, 1.54) is 7.11 Å². The molecule has 5 aliphatic rings. The number of rotatable bonds is 10. The lowest BCUT2D eigenvalue weighted by Crippen LogP contribution is -2.66. The second-order valence-corrected chi connectivity index (χ2v) is 16.9. The van der Waals surface area contributed by atoms with E-state index in [2.05, 4.69) is 0 Å². The van der Waals surface area contributed by atoms with Crippen LogP contribution in [0.5, 0.6) is 0 Å². The van der Waals surface area contributed by atoms with Gasteiger partial charge in [0.05, 0.1) is 30.5 Å². The predicted molar refractivity (Wildman–Crippen MR) is 172 cm³/mol. The third-order valence-corrected chi connectivity index (χ3v) is 13.2. The highest BCUT2D eigenvalue weighted by Crippen LogP contribution is 2.69. The number of fused-ring (bicyclic) bond motifs is 5. The molecule has 1 saturated heterocycles. The Hall–Kier alpha value is -1.01. The van der Waals surface area contributed by atoms with E-state index in [0.717, 1.165) is 0 Å². The Morgan fingerprint density at radius 1 is 1.04 bits per heavy atom. The van der Waals surface area contributed by atoms with Crippen molar-refractivity contribution in [2.45, 2.75) is 121 Å². The highest BCUT2D eigenvalue weighted by atomic mass is 32.3. The van der Waals surface area contributed by atoms with Crippen LogP contribution in [0.25, 0.3) is 0 Å². The fourth-order valence-electron chi connectivity index (χ4n) is 10.5. The van der Waals surface area contributed by atoms with E-state index in [4.69, 9.17) is 18.4 Å². The van der Waals surface area contributed by atoms with Gasteiger partial charge in [0.25, 0.3) is 0 Å². The van der Waals surface area contributed by atoms with Crippen LogP contribution in [-0.2, 0) is 28.8 Å². The van der Waals surface area contributed by atoms with Gasteiger partial charge in [0.2, 0.25) is 0 Å². The molecule has 276 valence electrons. The number of allylic oxidation sites excluding steroid dienone is 1. The molecular weight excluding hydrogens is 648 g/mol. The fourth-order valence-corrected chi connectivity index (χ4v) is 11.0. The van der Waals surface area contributed by atoms with Gasteiger partial charge >= 0.3 is 10.4 Å². The van der Waals surface area contributed by atoms with Crippen LogP contribution >= 0.6 is 0 Å². The molecule has 0 amide bonds. The molecule has 0 radical (unpaired) electrons. The predicted octanol–water partition coefficient (Wildman–Crippen LogP) is 1.35. The molecule has 0 aromatic rings. The minimum atomic E-state index is -5.03. The Bertz CT molecular complexity index is 1320. The summed E-state index contributed by atoms with van der Waals surface area (Å²) in [4.78, 5) is 0. The van der Waals surface area contributed by atoms with Gasteiger partial charge in [-0.3, -0.25) is 4.55 Å². The molecule has 5 rings (SSSR count). The van der Waals surface area contributed by atoms with Crippen molar-refractivity contribution in [1.82, 2.24) is 0 Å². The lowest BCUT2D eigenvalue weighted by Gasteiger charge is -2.64. The smallest absolute Gasteiger partial charge is 0.396 e. The van der Waals surface area contributed by atoms with Gasteiger partial charge in [-0.05, 0) is 65.8 Å². The summed E-state index contributed by atoms with van der Waals surface area (Å²) in [6.07, 6.45) is -1.10. The van der Waals surface area contributed by atoms with E-state index in [0.29, 0.717) is 31.3 Å². The maximum Gasteiger partial charge on any atom is 0.397 e. The molecule has 48 heavy (non-hydrogen) atoms. The first kappa shape index (κ1) is 38.2. The highest BCUT2D eigenvalue weighted by Gasteiger charge is 2.73. The van der Waals surface area contributed by atoms with E-state index < -0.39 is 93.6 Å². The Morgan fingerprint density at radius 3 is 2.33 bits per heavy atom. The van der Waals surface area contributed by atoms with E-state index in [9.17, 15) is 43.6 Å². The monoisotopic (exact) mass is 704 g/mol. The molecule has 4 fully saturated rings. The number of hydrogen-bond acceptors (Lipinski definition) is 12. The zero-order chi connectivity index (χ0) is 35.6. The van der Waals surface area contributed by atoms with Gasteiger partial charge in [-0.15, -0.1) is 0 Å². The Balaban J connectivity index is 1.47. The largest absolute Gasteiger partial charge is 0.397 e. The maximum absolute atomic E-state index is 12.8. The van der Waals surface area contributed by atoms with E-state index >= 15 is 0 Å². The van der Waals surface area contributed by atoms with Crippen LogP contribution in [0.1, 0.15) is 66.7 Å². The summed E-state index contributed by atoms with van der Waals surface area (Å²) < 4.78 is 56.7. The van der Waals surface area contributed by atoms with Crippen LogP contribution in [0, 0.1) is 46.3 Å². The first-order chi connectivity index (χ1) is 22.3. The first-order valence-corrected chi connectivity index (χ1v) is 18.6. The zero-order valence-corrected chi connectivity index (χ0v) is 29.6. The minimum Gasteiger partial charge on any atom is -0.396 e. The first-order valence-electron chi connectivity index (χ1n) is 17.2.